The zero-order chi connectivity index (χ0) is 16.4. The summed E-state index contributed by atoms with van der Waals surface area (Å²) in [4.78, 5) is 12.4. The van der Waals surface area contributed by atoms with Gasteiger partial charge in [-0.3, -0.25) is 4.79 Å². The van der Waals surface area contributed by atoms with Gasteiger partial charge in [-0.15, -0.1) is 0 Å². The first-order valence-electron chi connectivity index (χ1n) is 9.47. The van der Waals surface area contributed by atoms with Crippen molar-refractivity contribution in [3.8, 4) is 0 Å². The monoisotopic (exact) mass is 340 g/mol. The lowest BCUT2D eigenvalue weighted by molar-refractivity contribution is -0.159. The molecule has 2 heterocycles. The quantitative estimate of drug-likeness (QED) is 0.523. The highest BCUT2D eigenvalue weighted by Crippen LogP contribution is 2.31. The maximum atomic E-state index is 12.4. The Hall–Kier alpha value is -0.690. The number of carbonyl (C=O) groups is 1. The van der Waals surface area contributed by atoms with Crippen LogP contribution in [0.5, 0.6) is 0 Å². The van der Waals surface area contributed by atoms with Crippen molar-refractivity contribution in [2.24, 2.45) is 5.92 Å². The molecule has 0 aromatic rings. The zero-order valence-corrected chi connectivity index (χ0v) is 14.2. The summed E-state index contributed by atoms with van der Waals surface area (Å²) in [7, 11) is 0. The molecule has 2 saturated heterocycles. The normalized spacial score (nSPS) is 41.7. The van der Waals surface area contributed by atoms with Gasteiger partial charge in [0.05, 0.1) is 31.3 Å². The van der Waals surface area contributed by atoms with Gasteiger partial charge in [-0.1, -0.05) is 0 Å². The minimum absolute atomic E-state index is 0.00568. The molecule has 2 aliphatic carbocycles. The molecule has 2 unspecified atom stereocenters. The van der Waals surface area contributed by atoms with Crippen LogP contribution >= 0.6 is 0 Å². The topological polar surface area (TPSA) is 69.8 Å². The number of carbonyl (C=O) groups excluding carboxylic acids is 1. The third-order valence-corrected chi connectivity index (χ3v) is 5.48. The Kier molecular flexibility index (Phi) is 5.37. The van der Waals surface area contributed by atoms with Crippen LogP contribution in [0.3, 0.4) is 0 Å². The summed E-state index contributed by atoms with van der Waals surface area (Å²) in [5, 5.41) is 0. The van der Waals surface area contributed by atoms with Crippen LogP contribution in [0.25, 0.3) is 0 Å². The summed E-state index contributed by atoms with van der Waals surface area (Å²) in [6.45, 7) is 2.27. The lowest BCUT2D eigenvalue weighted by atomic mass is 9.87. The van der Waals surface area contributed by atoms with Gasteiger partial charge in [0.25, 0.3) is 0 Å². The largest absolute Gasteiger partial charge is 0.462 e. The summed E-state index contributed by atoms with van der Waals surface area (Å²) in [6, 6.07) is 0. The molecular weight excluding hydrogens is 312 g/mol. The molecule has 24 heavy (non-hydrogen) atoms. The molecule has 0 amide bonds. The third-order valence-electron chi connectivity index (χ3n) is 5.48. The molecule has 0 spiro atoms. The smallest absolute Gasteiger partial charge is 0.309 e. The Labute approximate surface area is 143 Å². The van der Waals surface area contributed by atoms with Crippen LogP contribution < -0.4 is 0 Å². The highest BCUT2D eigenvalue weighted by molar-refractivity contribution is 5.72. The Morgan fingerprint density at radius 2 is 1.46 bits per heavy atom. The van der Waals surface area contributed by atoms with E-state index in [9.17, 15) is 4.79 Å². The van der Waals surface area contributed by atoms with Crippen LogP contribution in [-0.4, -0.2) is 56.5 Å². The van der Waals surface area contributed by atoms with Crippen molar-refractivity contribution in [3.63, 3.8) is 0 Å². The SMILES string of the molecule is O=C(OC1CCC(OC2CO2)CC1)C1CCC(OCC2CO2)CC1. The fourth-order valence-corrected chi connectivity index (χ4v) is 3.75. The number of hydrogen-bond acceptors (Lipinski definition) is 6. The molecule has 2 aliphatic heterocycles. The van der Waals surface area contributed by atoms with E-state index in [2.05, 4.69) is 0 Å². The van der Waals surface area contributed by atoms with E-state index in [4.69, 9.17) is 23.7 Å². The van der Waals surface area contributed by atoms with E-state index in [0.717, 1.165) is 64.6 Å². The van der Waals surface area contributed by atoms with Gasteiger partial charge in [0.15, 0.2) is 6.29 Å². The van der Waals surface area contributed by atoms with E-state index in [1.165, 1.54) is 0 Å². The van der Waals surface area contributed by atoms with Gasteiger partial charge >= 0.3 is 5.97 Å². The van der Waals surface area contributed by atoms with Gasteiger partial charge in [-0.25, -0.2) is 0 Å². The van der Waals surface area contributed by atoms with Crippen molar-refractivity contribution in [1.29, 1.82) is 0 Å². The van der Waals surface area contributed by atoms with Crippen LogP contribution in [0.1, 0.15) is 51.4 Å². The second-order valence-electron chi connectivity index (χ2n) is 7.50. The first-order valence-corrected chi connectivity index (χ1v) is 9.47. The molecule has 6 heteroatoms. The van der Waals surface area contributed by atoms with Crippen molar-refractivity contribution in [3.05, 3.63) is 0 Å². The molecule has 4 aliphatic rings. The Morgan fingerprint density at radius 1 is 0.833 bits per heavy atom. The molecule has 2 saturated carbocycles. The predicted octanol–water partition coefficient (Wildman–Crippen LogP) is 2.19. The van der Waals surface area contributed by atoms with Crippen LogP contribution in [0.4, 0.5) is 0 Å². The minimum atomic E-state index is -0.00568. The van der Waals surface area contributed by atoms with Gasteiger partial charge in [0.2, 0.25) is 0 Å². The summed E-state index contributed by atoms with van der Waals surface area (Å²) in [6.07, 6.45) is 8.37. The Balaban J connectivity index is 1.12. The molecule has 0 N–H and O–H groups in total. The first kappa shape index (κ1) is 16.8. The fraction of sp³-hybridized carbons (Fsp3) is 0.944. The maximum absolute atomic E-state index is 12.4. The molecule has 0 bridgehead atoms. The number of hydrogen-bond donors (Lipinski definition) is 0. The van der Waals surface area contributed by atoms with E-state index in [0.29, 0.717) is 12.7 Å². The van der Waals surface area contributed by atoms with Gasteiger partial charge in [-0.2, -0.15) is 0 Å². The van der Waals surface area contributed by atoms with Crippen LogP contribution in [-0.2, 0) is 28.5 Å². The standard InChI is InChI=1S/C18H28O6/c19-18(12-1-3-13(4-2-12)20-9-16-10-21-16)24-15-7-5-14(6-8-15)23-17-11-22-17/h12-17H,1-11H2. The molecule has 2 atom stereocenters. The summed E-state index contributed by atoms with van der Waals surface area (Å²) >= 11 is 0. The third kappa shape index (κ3) is 4.91. The van der Waals surface area contributed by atoms with Crippen LogP contribution in [0.2, 0.25) is 0 Å². The van der Waals surface area contributed by atoms with Crippen molar-refractivity contribution >= 4 is 5.97 Å². The van der Waals surface area contributed by atoms with Gasteiger partial charge < -0.3 is 23.7 Å². The lowest BCUT2D eigenvalue weighted by Crippen LogP contribution is -2.33. The lowest BCUT2D eigenvalue weighted by Gasteiger charge is -2.31. The second-order valence-corrected chi connectivity index (χ2v) is 7.50. The average molecular weight is 340 g/mol. The fourth-order valence-electron chi connectivity index (χ4n) is 3.75. The van der Waals surface area contributed by atoms with Crippen molar-refractivity contribution in [2.75, 3.05) is 19.8 Å². The van der Waals surface area contributed by atoms with E-state index < -0.39 is 0 Å². The van der Waals surface area contributed by atoms with Gasteiger partial charge in [-0.05, 0) is 51.4 Å². The number of ether oxygens (including phenoxy) is 5. The molecule has 0 aromatic carbocycles. The highest BCUT2D eigenvalue weighted by atomic mass is 16.8. The van der Waals surface area contributed by atoms with Crippen LogP contribution in [0, 0.1) is 5.92 Å². The number of rotatable bonds is 7. The molecule has 0 radical (unpaired) electrons. The first-order chi connectivity index (χ1) is 11.8. The predicted molar refractivity (Wildman–Crippen MR) is 84.4 cm³/mol. The van der Waals surface area contributed by atoms with E-state index in [1.54, 1.807) is 0 Å². The maximum Gasteiger partial charge on any atom is 0.309 e. The highest BCUT2D eigenvalue weighted by Gasteiger charge is 2.34. The second kappa shape index (κ2) is 7.68. The number of epoxide rings is 2. The average Bonchev–Trinajstić information content (AvgIpc) is 3.51. The molecular formula is C18H28O6. The Bertz CT molecular complexity index is 417. The summed E-state index contributed by atoms with van der Waals surface area (Å²) in [5.41, 5.74) is 0. The molecule has 4 rings (SSSR count). The molecule has 0 aromatic heterocycles. The van der Waals surface area contributed by atoms with Crippen LogP contribution in [0.15, 0.2) is 0 Å². The zero-order valence-electron chi connectivity index (χ0n) is 14.2. The van der Waals surface area contributed by atoms with Crippen molar-refractivity contribution < 1.29 is 28.5 Å². The Morgan fingerprint density at radius 3 is 2.08 bits per heavy atom. The molecule has 4 fully saturated rings. The minimum Gasteiger partial charge on any atom is -0.462 e. The summed E-state index contributed by atoms with van der Waals surface area (Å²) in [5.74, 6) is 0.0460. The van der Waals surface area contributed by atoms with E-state index in [-0.39, 0.29) is 36.5 Å². The summed E-state index contributed by atoms with van der Waals surface area (Å²) < 4.78 is 27.6. The van der Waals surface area contributed by atoms with E-state index in [1.807, 2.05) is 0 Å². The van der Waals surface area contributed by atoms with Crippen molar-refractivity contribution in [2.45, 2.75) is 82.1 Å². The van der Waals surface area contributed by atoms with Crippen molar-refractivity contribution in [1.82, 2.24) is 0 Å². The number of esters is 1. The molecule has 6 nitrogen and oxygen atoms in total. The van der Waals surface area contributed by atoms with E-state index >= 15 is 0 Å². The molecule has 136 valence electrons. The van der Waals surface area contributed by atoms with Gasteiger partial charge in [0, 0.05) is 0 Å². The van der Waals surface area contributed by atoms with Gasteiger partial charge in [0.1, 0.15) is 18.8 Å².